The number of halogens is 1. The van der Waals surface area contributed by atoms with E-state index in [1.807, 2.05) is 6.07 Å². The SMILES string of the molecule is COc1ncccc1-c1nnc(CCCl)o1. The second-order valence-corrected chi connectivity index (χ2v) is 3.38. The minimum absolute atomic E-state index is 0.394. The third kappa shape index (κ3) is 2.14. The van der Waals surface area contributed by atoms with E-state index >= 15 is 0 Å². The number of methoxy groups -OCH3 is 1. The van der Waals surface area contributed by atoms with Crippen LogP contribution in [0.25, 0.3) is 11.5 Å². The standard InChI is InChI=1S/C10H10ClN3O2/c1-15-9-7(3-2-6-12-9)10-14-13-8(16-10)4-5-11/h2-3,6H,4-5H2,1H3. The van der Waals surface area contributed by atoms with Crippen molar-refractivity contribution in [2.75, 3.05) is 13.0 Å². The Kier molecular flexibility index (Phi) is 3.36. The summed E-state index contributed by atoms with van der Waals surface area (Å²) < 4.78 is 10.5. The number of aromatic nitrogens is 3. The van der Waals surface area contributed by atoms with Crippen LogP contribution >= 0.6 is 11.6 Å². The number of aryl methyl sites for hydroxylation is 1. The zero-order chi connectivity index (χ0) is 11.4. The average molecular weight is 240 g/mol. The zero-order valence-corrected chi connectivity index (χ0v) is 9.44. The quantitative estimate of drug-likeness (QED) is 0.763. The summed E-state index contributed by atoms with van der Waals surface area (Å²) >= 11 is 5.59. The Bertz CT molecular complexity index is 473. The fourth-order valence-electron chi connectivity index (χ4n) is 1.26. The van der Waals surface area contributed by atoms with Gasteiger partial charge in [0.05, 0.1) is 7.11 Å². The van der Waals surface area contributed by atoms with Crippen LogP contribution in [0, 0.1) is 0 Å². The van der Waals surface area contributed by atoms with Gasteiger partial charge in [-0.1, -0.05) is 0 Å². The van der Waals surface area contributed by atoms with Crippen molar-refractivity contribution in [1.29, 1.82) is 0 Å². The summed E-state index contributed by atoms with van der Waals surface area (Å²) in [6.07, 6.45) is 2.19. The van der Waals surface area contributed by atoms with Crippen molar-refractivity contribution < 1.29 is 9.15 Å². The first-order valence-corrected chi connectivity index (χ1v) is 5.26. The van der Waals surface area contributed by atoms with E-state index < -0.39 is 0 Å². The summed E-state index contributed by atoms with van der Waals surface area (Å²) in [6.45, 7) is 0. The molecule has 84 valence electrons. The lowest BCUT2D eigenvalue weighted by Crippen LogP contribution is -1.90. The first kappa shape index (κ1) is 10.9. The fourth-order valence-corrected chi connectivity index (χ4v) is 1.42. The summed E-state index contributed by atoms with van der Waals surface area (Å²) in [5, 5.41) is 7.79. The average Bonchev–Trinajstić information content (AvgIpc) is 2.78. The molecule has 0 spiro atoms. The molecule has 0 atom stereocenters. The molecule has 0 fully saturated rings. The highest BCUT2D eigenvalue weighted by molar-refractivity contribution is 6.17. The Labute approximate surface area is 97.4 Å². The number of pyridine rings is 1. The van der Waals surface area contributed by atoms with Crippen molar-refractivity contribution in [1.82, 2.24) is 15.2 Å². The molecule has 2 aromatic heterocycles. The number of ether oxygens (including phenoxy) is 1. The zero-order valence-electron chi connectivity index (χ0n) is 8.68. The van der Waals surface area contributed by atoms with Crippen molar-refractivity contribution >= 4 is 11.6 Å². The molecule has 6 heteroatoms. The molecule has 0 radical (unpaired) electrons. The predicted octanol–water partition coefficient (Wildman–Crippen LogP) is 1.92. The maximum Gasteiger partial charge on any atom is 0.253 e. The van der Waals surface area contributed by atoms with Gasteiger partial charge in [0.2, 0.25) is 11.8 Å². The third-order valence-corrected chi connectivity index (χ3v) is 2.16. The molecule has 2 rings (SSSR count). The smallest absolute Gasteiger partial charge is 0.253 e. The summed E-state index contributed by atoms with van der Waals surface area (Å²) in [5.41, 5.74) is 0.679. The van der Waals surface area contributed by atoms with Gasteiger partial charge in [0, 0.05) is 18.5 Å². The molecule has 0 N–H and O–H groups in total. The van der Waals surface area contributed by atoms with E-state index in [-0.39, 0.29) is 0 Å². The molecule has 0 aliphatic rings. The van der Waals surface area contributed by atoms with Crippen LogP contribution in [0.15, 0.2) is 22.7 Å². The lowest BCUT2D eigenvalue weighted by molar-refractivity contribution is 0.397. The number of nitrogens with zero attached hydrogens (tertiary/aromatic N) is 3. The first-order chi connectivity index (χ1) is 7.85. The maximum atomic E-state index is 5.59. The van der Waals surface area contributed by atoms with Gasteiger partial charge in [0.25, 0.3) is 5.89 Å². The molecule has 0 bridgehead atoms. The molecule has 5 nitrogen and oxygen atoms in total. The molecule has 0 unspecified atom stereocenters. The Morgan fingerprint density at radius 3 is 3.06 bits per heavy atom. The molecule has 2 heterocycles. The summed E-state index contributed by atoms with van der Waals surface area (Å²) in [7, 11) is 1.54. The molecule has 0 saturated carbocycles. The van der Waals surface area contributed by atoms with E-state index in [0.717, 1.165) is 0 Å². The van der Waals surface area contributed by atoms with E-state index in [2.05, 4.69) is 15.2 Å². The minimum atomic E-state index is 0.394. The number of hydrogen-bond donors (Lipinski definition) is 0. The molecule has 0 aromatic carbocycles. The van der Waals surface area contributed by atoms with Crippen LogP contribution in [0.3, 0.4) is 0 Å². The van der Waals surface area contributed by atoms with Crippen molar-refractivity contribution in [3.63, 3.8) is 0 Å². The van der Waals surface area contributed by atoms with Gasteiger partial charge in [-0.25, -0.2) is 4.98 Å². The van der Waals surface area contributed by atoms with E-state index in [0.29, 0.717) is 35.5 Å². The molecule has 0 amide bonds. The van der Waals surface area contributed by atoms with Crippen LogP contribution in [0.2, 0.25) is 0 Å². The fraction of sp³-hybridized carbons (Fsp3) is 0.300. The Hall–Kier alpha value is -1.62. The largest absolute Gasteiger partial charge is 0.480 e. The lowest BCUT2D eigenvalue weighted by atomic mass is 10.3. The molecule has 0 aliphatic carbocycles. The highest BCUT2D eigenvalue weighted by atomic mass is 35.5. The van der Waals surface area contributed by atoms with Gasteiger partial charge in [0.15, 0.2) is 0 Å². The number of hydrogen-bond acceptors (Lipinski definition) is 5. The minimum Gasteiger partial charge on any atom is -0.480 e. The molecule has 0 saturated heterocycles. The number of rotatable bonds is 4. The van der Waals surface area contributed by atoms with Gasteiger partial charge >= 0.3 is 0 Å². The second-order valence-electron chi connectivity index (χ2n) is 3.00. The van der Waals surface area contributed by atoms with Crippen LogP contribution < -0.4 is 4.74 Å². The maximum absolute atomic E-state index is 5.59. The van der Waals surface area contributed by atoms with E-state index in [9.17, 15) is 0 Å². The van der Waals surface area contributed by atoms with Crippen LogP contribution in [0.1, 0.15) is 5.89 Å². The van der Waals surface area contributed by atoms with Crippen molar-refractivity contribution in [3.8, 4) is 17.3 Å². The lowest BCUT2D eigenvalue weighted by Gasteiger charge is -2.01. The highest BCUT2D eigenvalue weighted by Gasteiger charge is 2.13. The molecule has 0 aliphatic heterocycles. The van der Waals surface area contributed by atoms with Crippen LogP contribution in [-0.4, -0.2) is 28.2 Å². The van der Waals surface area contributed by atoms with Gasteiger partial charge in [-0.15, -0.1) is 21.8 Å². The summed E-state index contributed by atoms with van der Waals surface area (Å²) in [4.78, 5) is 4.05. The molecule has 2 aromatic rings. The Morgan fingerprint density at radius 2 is 2.31 bits per heavy atom. The van der Waals surface area contributed by atoms with Crippen LogP contribution in [0.5, 0.6) is 5.88 Å². The van der Waals surface area contributed by atoms with E-state index in [1.165, 1.54) is 0 Å². The molecule has 16 heavy (non-hydrogen) atoms. The Morgan fingerprint density at radius 1 is 1.44 bits per heavy atom. The summed E-state index contributed by atoms with van der Waals surface area (Å²) in [5.74, 6) is 1.82. The van der Waals surface area contributed by atoms with Crippen molar-refractivity contribution in [2.45, 2.75) is 6.42 Å². The van der Waals surface area contributed by atoms with E-state index in [1.54, 1.807) is 19.4 Å². The van der Waals surface area contributed by atoms with Crippen LogP contribution in [-0.2, 0) is 6.42 Å². The van der Waals surface area contributed by atoms with Gasteiger partial charge in [-0.05, 0) is 12.1 Å². The van der Waals surface area contributed by atoms with Gasteiger partial charge in [-0.2, -0.15) is 0 Å². The van der Waals surface area contributed by atoms with Gasteiger partial charge in [-0.3, -0.25) is 0 Å². The topological polar surface area (TPSA) is 61.0 Å². The Balaban J connectivity index is 2.34. The van der Waals surface area contributed by atoms with Crippen molar-refractivity contribution in [2.24, 2.45) is 0 Å². The first-order valence-electron chi connectivity index (χ1n) is 4.73. The summed E-state index contributed by atoms with van der Waals surface area (Å²) in [6, 6.07) is 3.59. The van der Waals surface area contributed by atoms with Crippen molar-refractivity contribution in [3.05, 3.63) is 24.2 Å². The normalized spacial score (nSPS) is 10.4. The second kappa shape index (κ2) is 4.94. The van der Waals surface area contributed by atoms with Crippen LogP contribution in [0.4, 0.5) is 0 Å². The highest BCUT2D eigenvalue weighted by Crippen LogP contribution is 2.26. The van der Waals surface area contributed by atoms with Gasteiger partial charge < -0.3 is 9.15 Å². The number of alkyl halides is 1. The van der Waals surface area contributed by atoms with Gasteiger partial charge in [0.1, 0.15) is 5.56 Å². The van der Waals surface area contributed by atoms with E-state index in [4.69, 9.17) is 20.8 Å². The predicted molar refractivity (Wildman–Crippen MR) is 58.5 cm³/mol. The molecular weight excluding hydrogens is 230 g/mol. The third-order valence-electron chi connectivity index (χ3n) is 1.97. The monoisotopic (exact) mass is 239 g/mol. The molecular formula is C10H10ClN3O2.